The van der Waals surface area contributed by atoms with E-state index < -0.39 is 15.8 Å². The van der Waals surface area contributed by atoms with Gasteiger partial charge in [-0.1, -0.05) is 41.9 Å². The number of benzene rings is 2. The molecule has 2 aromatic rings. The lowest BCUT2D eigenvalue weighted by Gasteiger charge is -2.07. The Kier molecular flexibility index (Phi) is 4.75. The Morgan fingerprint density at radius 3 is 2.45 bits per heavy atom. The average molecular weight is 314 g/mol. The van der Waals surface area contributed by atoms with Gasteiger partial charge < -0.3 is 0 Å². The quantitative estimate of drug-likeness (QED) is 0.922. The molecule has 2 rings (SSSR count). The van der Waals surface area contributed by atoms with Crippen molar-refractivity contribution in [1.82, 2.24) is 4.72 Å². The fourth-order valence-corrected chi connectivity index (χ4v) is 3.00. The van der Waals surface area contributed by atoms with Crippen molar-refractivity contribution in [3.8, 4) is 0 Å². The predicted octanol–water partition coefficient (Wildman–Crippen LogP) is 3.00. The van der Waals surface area contributed by atoms with Gasteiger partial charge in [-0.05, 0) is 30.2 Å². The SMILES string of the molecule is O=S(=O)(NCCc1ccccc1)c1ccc(F)c(Cl)c1. The van der Waals surface area contributed by atoms with Crippen molar-refractivity contribution in [3.05, 3.63) is 64.9 Å². The molecule has 3 nitrogen and oxygen atoms in total. The average Bonchev–Trinajstić information content (AvgIpc) is 2.43. The molecule has 0 aliphatic heterocycles. The monoisotopic (exact) mass is 313 g/mol. The van der Waals surface area contributed by atoms with Crippen LogP contribution in [0.4, 0.5) is 4.39 Å². The Bertz CT molecular complexity index is 690. The van der Waals surface area contributed by atoms with Gasteiger partial charge in [-0.3, -0.25) is 0 Å². The molecule has 0 saturated carbocycles. The van der Waals surface area contributed by atoms with Crippen LogP contribution in [0.5, 0.6) is 0 Å². The van der Waals surface area contributed by atoms with Crippen molar-refractivity contribution in [2.75, 3.05) is 6.54 Å². The van der Waals surface area contributed by atoms with E-state index in [1.165, 1.54) is 6.07 Å². The molecule has 0 radical (unpaired) electrons. The second kappa shape index (κ2) is 6.35. The maximum absolute atomic E-state index is 13.0. The third-order valence-corrected chi connectivity index (χ3v) is 4.50. The van der Waals surface area contributed by atoms with Gasteiger partial charge in [-0.15, -0.1) is 0 Å². The summed E-state index contributed by atoms with van der Waals surface area (Å²) in [7, 11) is -3.67. The smallest absolute Gasteiger partial charge is 0.211 e. The van der Waals surface area contributed by atoms with Crippen molar-refractivity contribution in [2.45, 2.75) is 11.3 Å². The lowest BCUT2D eigenvalue weighted by atomic mass is 10.2. The second-order valence-corrected chi connectivity index (χ2v) is 6.38. The van der Waals surface area contributed by atoms with E-state index >= 15 is 0 Å². The summed E-state index contributed by atoms with van der Waals surface area (Å²) >= 11 is 5.58. The van der Waals surface area contributed by atoms with E-state index in [2.05, 4.69) is 4.72 Å². The van der Waals surface area contributed by atoms with E-state index in [0.717, 1.165) is 17.7 Å². The third kappa shape index (κ3) is 3.79. The highest BCUT2D eigenvalue weighted by Gasteiger charge is 2.15. The molecule has 1 N–H and O–H groups in total. The molecule has 0 heterocycles. The summed E-state index contributed by atoms with van der Waals surface area (Å²) in [5, 5.41) is -0.212. The zero-order chi connectivity index (χ0) is 14.6. The Morgan fingerprint density at radius 1 is 1.10 bits per heavy atom. The molecule has 2 aromatic carbocycles. The molecule has 106 valence electrons. The van der Waals surface area contributed by atoms with Gasteiger partial charge in [0.05, 0.1) is 9.92 Å². The highest BCUT2D eigenvalue weighted by Crippen LogP contribution is 2.19. The molecule has 0 spiro atoms. The van der Waals surface area contributed by atoms with Crippen molar-refractivity contribution in [2.24, 2.45) is 0 Å². The number of hydrogen-bond donors (Lipinski definition) is 1. The Morgan fingerprint density at radius 2 is 1.80 bits per heavy atom. The van der Waals surface area contributed by atoms with Crippen molar-refractivity contribution in [1.29, 1.82) is 0 Å². The molecule has 0 aliphatic rings. The van der Waals surface area contributed by atoms with E-state index in [0.29, 0.717) is 6.42 Å². The van der Waals surface area contributed by atoms with E-state index in [1.54, 1.807) is 0 Å². The van der Waals surface area contributed by atoms with Crippen molar-refractivity contribution >= 4 is 21.6 Å². The van der Waals surface area contributed by atoms with Crippen LogP contribution in [0.1, 0.15) is 5.56 Å². The van der Waals surface area contributed by atoms with Gasteiger partial charge in [0.2, 0.25) is 10.0 Å². The summed E-state index contributed by atoms with van der Waals surface area (Å²) in [6, 6.07) is 12.8. The lowest BCUT2D eigenvalue weighted by molar-refractivity contribution is 0.580. The van der Waals surface area contributed by atoms with Gasteiger partial charge in [0.1, 0.15) is 5.82 Å². The minimum absolute atomic E-state index is 0.0445. The number of halogens is 2. The van der Waals surface area contributed by atoms with Crippen LogP contribution >= 0.6 is 11.6 Å². The van der Waals surface area contributed by atoms with Crippen molar-refractivity contribution < 1.29 is 12.8 Å². The molecule has 0 bridgehead atoms. The molecule has 0 atom stereocenters. The molecule has 0 fully saturated rings. The first kappa shape index (κ1) is 15.0. The topological polar surface area (TPSA) is 46.2 Å². The van der Waals surface area contributed by atoms with Gasteiger partial charge in [-0.2, -0.15) is 0 Å². The summed E-state index contributed by atoms with van der Waals surface area (Å²) in [6.07, 6.45) is 0.578. The highest BCUT2D eigenvalue weighted by atomic mass is 35.5. The summed E-state index contributed by atoms with van der Waals surface area (Å²) in [6.45, 7) is 0.265. The number of rotatable bonds is 5. The normalized spacial score (nSPS) is 11.5. The summed E-state index contributed by atoms with van der Waals surface area (Å²) < 4.78 is 39.5. The van der Waals surface area contributed by atoms with Gasteiger partial charge >= 0.3 is 0 Å². The Balaban J connectivity index is 2.02. The minimum atomic E-state index is -3.67. The van der Waals surface area contributed by atoms with E-state index in [-0.39, 0.29) is 16.5 Å². The van der Waals surface area contributed by atoms with Gasteiger partial charge in [0, 0.05) is 6.54 Å². The van der Waals surface area contributed by atoms with Crippen LogP contribution in [0.3, 0.4) is 0 Å². The minimum Gasteiger partial charge on any atom is -0.211 e. The molecular weight excluding hydrogens is 301 g/mol. The van der Waals surface area contributed by atoms with Crippen molar-refractivity contribution in [3.63, 3.8) is 0 Å². The van der Waals surface area contributed by atoms with Gasteiger partial charge in [-0.25, -0.2) is 17.5 Å². The number of nitrogens with one attached hydrogen (secondary N) is 1. The van der Waals surface area contributed by atoms with Crippen LogP contribution in [0.2, 0.25) is 5.02 Å². The summed E-state index contributed by atoms with van der Waals surface area (Å²) in [4.78, 5) is -0.0445. The number of sulfonamides is 1. The molecular formula is C14H13ClFNO2S. The molecule has 0 unspecified atom stereocenters. The number of hydrogen-bond acceptors (Lipinski definition) is 2. The lowest BCUT2D eigenvalue weighted by Crippen LogP contribution is -2.26. The molecule has 20 heavy (non-hydrogen) atoms. The summed E-state index contributed by atoms with van der Waals surface area (Å²) in [5.74, 6) is -0.644. The Hall–Kier alpha value is -1.43. The van der Waals surface area contributed by atoms with Gasteiger partial charge in [0.25, 0.3) is 0 Å². The van der Waals surface area contributed by atoms with Crippen LogP contribution < -0.4 is 4.72 Å². The van der Waals surface area contributed by atoms with Gasteiger partial charge in [0.15, 0.2) is 0 Å². The predicted molar refractivity (Wildman–Crippen MR) is 76.7 cm³/mol. The fourth-order valence-electron chi connectivity index (χ4n) is 1.70. The second-order valence-electron chi connectivity index (χ2n) is 4.21. The van der Waals surface area contributed by atoms with E-state index in [9.17, 15) is 12.8 Å². The molecule has 0 saturated heterocycles. The Labute approximate surface area is 122 Å². The summed E-state index contributed by atoms with van der Waals surface area (Å²) in [5.41, 5.74) is 1.03. The maximum atomic E-state index is 13.0. The third-order valence-electron chi connectivity index (χ3n) is 2.75. The van der Waals surface area contributed by atoms with Crippen LogP contribution in [0.25, 0.3) is 0 Å². The largest absolute Gasteiger partial charge is 0.240 e. The van der Waals surface area contributed by atoms with Crippen LogP contribution in [0, 0.1) is 5.82 Å². The first-order valence-corrected chi connectivity index (χ1v) is 7.84. The first-order valence-electron chi connectivity index (χ1n) is 5.98. The zero-order valence-electron chi connectivity index (χ0n) is 10.5. The molecule has 0 aromatic heterocycles. The standard InChI is InChI=1S/C14H13ClFNO2S/c15-13-10-12(6-7-14(13)16)20(18,19)17-9-8-11-4-2-1-3-5-11/h1-7,10,17H,8-9H2. The molecule has 0 aliphatic carbocycles. The highest BCUT2D eigenvalue weighted by molar-refractivity contribution is 7.89. The molecule has 0 amide bonds. The zero-order valence-corrected chi connectivity index (χ0v) is 12.1. The maximum Gasteiger partial charge on any atom is 0.240 e. The van der Waals surface area contributed by atoms with Crippen LogP contribution in [0.15, 0.2) is 53.4 Å². The van der Waals surface area contributed by atoms with E-state index in [4.69, 9.17) is 11.6 Å². The van der Waals surface area contributed by atoms with Crippen LogP contribution in [-0.4, -0.2) is 15.0 Å². The first-order chi connectivity index (χ1) is 9.49. The van der Waals surface area contributed by atoms with Crippen LogP contribution in [-0.2, 0) is 16.4 Å². The van der Waals surface area contributed by atoms with E-state index in [1.807, 2.05) is 30.3 Å². The molecule has 6 heteroatoms. The fraction of sp³-hybridized carbons (Fsp3) is 0.143.